The Morgan fingerprint density at radius 3 is 2.28 bits per heavy atom. The molecule has 1 heterocycles. The van der Waals surface area contributed by atoms with E-state index < -0.39 is 17.0 Å². The van der Waals surface area contributed by atoms with E-state index in [1.165, 1.54) is 18.9 Å². The molecule has 1 saturated carbocycles. The van der Waals surface area contributed by atoms with E-state index in [2.05, 4.69) is 5.32 Å². The number of hydrogen-bond acceptors (Lipinski definition) is 2. The molecule has 1 saturated heterocycles. The molecule has 5 heteroatoms. The molecule has 0 radical (unpaired) electrons. The van der Waals surface area contributed by atoms with Crippen molar-refractivity contribution in [2.24, 2.45) is 5.41 Å². The number of carbonyl (C=O) groups excluding carboxylic acids is 1. The van der Waals surface area contributed by atoms with Gasteiger partial charge in [-0.25, -0.2) is 8.78 Å². The van der Waals surface area contributed by atoms with Crippen LogP contribution in [0.3, 0.4) is 0 Å². The summed E-state index contributed by atoms with van der Waals surface area (Å²) in [5.41, 5.74) is 2.09. The second-order valence-electron chi connectivity index (χ2n) is 8.35. The minimum absolute atomic E-state index is 0.150. The number of benzene rings is 2. The van der Waals surface area contributed by atoms with Crippen LogP contribution >= 0.6 is 0 Å². The Labute approximate surface area is 170 Å². The molecule has 4 rings (SSSR count). The van der Waals surface area contributed by atoms with Crippen molar-refractivity contribution >= 4 is 5.91 Å². The van der Waals surface area contributed by atoms with E-state index in [0.29, 0.717) is 31.2 Å². The predicted molar refractivity (Wildman–Crippen MR) is 108 cm³/mol. The van der Waals surface area contributed by atoms with Gasteiger partial charge in [-0.05, 0) is 60.9 Å². The topological polar surface area (TPSA) is 38.3 Å². The van der Waals surface area contributed by atoms with E-state index in [4.69, 9.17) is 4.74 Å². The number of halogens is 2. The Morgan fingerprint density at radius 1 is 0.966 bits per heavy atom. The Hall–Kier alpha value is -2.27. The highest BCUT2D eigenvalue weighted by Crippen LogP contribution is 2.36. The lowest BCUT2D eigenvalue weighted by molar-refractivity contribution is -0.137. The summed E-state index contributed by atoms with van der Waals surface area (Å²) >= 11 is 0. The summed E-state index contributed by atoms with van der Waals surface area (Å²) in [5, 5.41) is 3.29. The minimum atomic E-state index is -0.851. The van der Waals surface area contributed by atoms with Gasteiger partial charge in [-0.15, -0.1) is 0 Å². The van der Waals surface area contributed by atoms with Crippen LogP contribution in [0, 0.1) is 17.0 Å². The van der Waals surface area contributed by atoms with Crippen molar-refractivity contribution in [3.63, 3.8) is 0 Å². The Balaban J connectivity index is 1.51. The maximum Gasteiger partial charge on any atom is 0.226 e. The molecule has 0 bridgehead atoms. The molecule has 154 valence electrons. The van der Waals surface area contributed by atoms with Crippen molar-refractivity contribution in [2.75, 3.05) is 13.2 Å². The first-order valence-electron chi connectivity index (χ1n) is 10.5. The molecule has 1 amide bonds. The first kappa shape index (κ1) is 20.0. The molecular formula is C24H27F2NO2. The summed E-state index contributed by atoms with van der Waals surface area (Å²) < 4.78 is 32.2. The summed E-state index contributed by atoms with van der Waals surface area (Å²) in [7, 11) is 0. The molecule has 2 aromatic rings. The van der Waals surface area contributed by atoms with Crippen LogP contribution in [-0.4, -0.2) is 25.2 Å². The SMILES string of the molecule is O=C(NC1CCCC1)C1(Cc2ccc(-c3ccc(F)c(F)c3)cc2)CCOCC1. The van der Waals surface area contributed by atoms with Gasteiger partial charge in [-0.1, -0.05) is 43.2 Å². The largest absolute Gasteiger partial charge is 0.381 e. The zero-order valence-corrected chi connectivity index (χ0v) is 16.6. The van der Waals surface area contributed by atoms with Crippen molar-refractivity contribution in [2.45, 2.75) is 51.0 Å². The number of nitrogens with one attached hydrogen (secondary N) is 1. The van der Waals surface area contributed by atoms with E-state index in [1.54, 1.807) is 6.07 Å². The average molecular weight is 399 g/mol. The molecule has 0 unspecified atom stereocenters. The molecule has 29 heavy (non-hydrogen) atoms. The van der Waals surface area contributed by atoms with E-state index in [9.17, 15) is 13.6 Å². The first-order chi connectivity index (χ1) is 14.1. The Kier molecular flexibility index (Phi) is 5.95. The lowest BCUT2D eigenvalue weighted by atomic mass is 9.74. The molecule has 0 atom stereocenters. The number of carbonyl (C=O) groups is 1. The van der Waals surface area contributed by atoms with E-state index in [1.807, 2.05) is 24.3 Å². The third-order valence-electron chi connectivity index (χ3n) is 6.37. The van der Waals surface area contributed by atoms with Gasteiger partial charge in [-0.3, -0.25) is 4.79 Å². The first-order valence-corrected chi connectivity index (χ1v) is 10.5. The van der Waals surface area contributed by atoms with Crippen molar-refractivity contribution in [1.82, 2.24) is 5.32 Å². The lowest BCUT2D eigenvalue weighted by Gasteiger charge is -2.37. The molecule has 1 aliphatic heterocycles. The van der Waals surface area contributed by atoms with Gasteiger partial charge < -0.3 is 10.1 Å². The fourth-order valence-electron chi connectivity index (χ4n) is 4.54. The second kappa shape index (κ2) is 8.62. The van der Waals surface area contributed by atoms with E-state index in [-0.39, 0.29) is 5.91 Å². The Morgan fingerprint density at radius 2 is 1.62 bits per heavy atom. The smallest absolute Gasteiger partial charge is 0.226 e. The zero-order chi connectivity index (χ0) is 20.3. The number of amides is 1. The van der Waals surface area contributed by atoms with Crippen molar-refractivity contribution in [3.8, 4) is 11.1 Å². The van der Waals surface area contributed by atoms with E-state index in [0.717, 1.165) is 42.9 Å². The van der Waals surface area contributed by atoms with Crippen LogP contribution in [0.2, 0.25) is 0 Å². The van der Waals surface area contributed by atoms with Gasteiger partial charge >= 0.3 is 0 Å². The fraction of sp³-hybridized carbons (Fsp3) is 0.458. The highest BCUT2D eigenvalue weighted by Gasteiger charge is 2.41. The maximum atomic E-state index is 13.5. The lowest BCUT2D eigenvalue weighted by Crippen LogP contribution is -2.48. The van der Waals surface area contributed by atoms with Crippen LogP contribution in [0.25, 0.3) is 11.1 Å². The van der Waals surface area contributed by atoms with Crippen LogP contribution in [-0.2, 0) is 16.0 Å². The van der Waals surface area contributed by atoms with Crippen LogP contribution in [0.4, 0.5) is 8.78 Å². The standard InChI is InChI=1S/C24H27F2NO2/c25-21-10-9-19(15-22(21)26)18-7-5-17(6-8-18)16-24(11-13-29-14-12-24)23(28)27-20-3-1-2-4-20/h5-10,15,20H,1-4,11-14,16H2,(H,27,28). The second-order valence-corrected chi connectivity index (χ2v) is 8.35. The third kappa shape index (κ3) is 4.50. The summed E-state index contributed by atoms with van der Waals surface area (Å²) in [4.78, 5) is 13.2. The normalized spacial score (nSPS) is 19.2. The molecule has 1 N–H and O–H groups in total. The average Bonchev–Trinajstić information content (AvgIpc) is 3.24. The molecule has 0 spiro atoms. The third-order valence-corrected chi connectivity index (χ3v) is 6.37. The van der Waals surface area contributed by atoms with Crippen LogP contribution in [0.15, 0.2) is 42.5 Å². The summed E-state index contributed by atoms with van der Waals surface area (Å²) in [5.74, 6) is -1.55. The van der Waals surface area contributed by atoms with E-state index >= 15 is 0 Å². The molecule has 3 nitrogen and oxygen atoms in total. The van der Waals surface area contributed by atoms with Gasteiger partial charge in [0.1, 0.15) is 0 Å². The highest BCUT2D eigenvalue weighted by atomic mass is 19.2. The fourth-order valence-corrected chi connectivity index (χ4v) is 4.54. The van der Waals surface area contributed by atoms with Crippen LogP contribution in [0.5, 0.6) is 0 Å². The highest BCUT2D eigenvalue weighted by molar-refractivity contribution is 5.83. The van der Waals surface area contributed by atoms with Crippen LogP contribution < -0.4 is 5.32 Å². The maximum absolute atomic E-state index is 13.5. The quantitative estimate of drug-likeness (QED) is 0.766. The zero-order valence-electron chi connectivity index (χ0n) is 16.6. The predicted octanol–water partition coefficient (Wildman–Crippen LogP) is 5.03. The van der Waals surface area contributed by atoms with Gasteiger partial charge in [0.15, 0.2) is 11.6 Å². The van der Waals surface area contributed by atoms with Crippen molar-refractivity contribution in [1.29, 1.82) is 0 Å². The van der Waals surface area contributed by atoms with Crippen LogP contribution in [0.1, 0.15) is 44.1 Å². The molecule has 0 aromatic heterocycles. The Bertz CT molecular complexity index is 854. The number of ether oxygens (including phenoxy) is 1. The van der Waals surface area contributed by atoms with Gasteiger partial charge in [0.05, 0.1) is 5.41 Å². The number of rotatable bonds is 5. The van der Waals surface area contributed by atoms with Crippen molar-refractivity contribution in [3.05, 3.63) is 59.7 Å². The molecule has 2 aromatic carbocycles. The van der Waals surface area contributed by atoms with Gasteiger partial charge in [-0.2, -0.15) is 0 Å². The minimum Gasteiger partial charge on any atom is -0.381 e. The molecule has 2 fully saturated rings. The molecular weight excluding hydrogens is 372 g/mol. The van der Waals surface area contributed by atoms with Gasteiger partial charge in [0, 0.05) is 19.3 Å². The molecule has 1 aliphatic carbocycles. The van der Waals surface area contributed by atoms with Gasteiger partial charge in [0.25, 0.3) is 0 Å². The van der Waals surface area contributed by atoms with Crippen molar-refractivity contribution < 1.29 is 18.3 Å². The molecule has 2 aliphatic rings. The van der Waals surface area contributed by atoms with Gasteiger partial charge in [0.2, 0.25) is 5.91 Å². The monoisotopic (exact) mass is 399 g/mol. The number of hydrogen-bond donors (Lipinski definition) is 1. The summed E-state index contributed by atoms with van der Waals surface area (Å²) in [6.07, 6.45) is 6.61. The summed E-state index contributed by atoms with van der Waals surface area (Å²) in [6.45, 7) is 1.20. The summed E-state index contributed by atoms with van der Waals surface area (Å²) in [6, 6.07) is 12.0.